The van der Waals surface area contributed by atoms with Gasteiger partial charge in [0.1, 0.15) is 0 Å². The van der Waals surface area contributed by atoms with Crippen molar-refractivity contribution in [2.45, 2.75) is 32.4 Å². The van der Waals surface area contributed by atoms with Crippen molar-refractivity contribution in [3.05, 3.63) is 0 Å². The van der Waals surface area contributed by atoms with E-state index in [0.29, 0.717) is 13.2 Å². The van der Waals surface area contributed by atoms with E-state index in [9.17, 15) is 4.79 Å². The van der Waals surface area contributed by atoms with E-state index in [4.69, 9.17) is 9.47 Å². The summed E-state index contributed by atoms with van der Waals surface area (Å²) in [5.74, 6) is 0. The first-order chi connectivity index (χ1) is 7.95. The van der Waals surface area contributed by atoms with Gasteiger partial charge >= 0.3 is 6.03 Å². The zero-order valence-electron chi connectivity index (χ0n) is 11.5. The summed E-state index contributed by atoms with van der Waals surface area (Å²) in [6.07, 6.45) is 0.00817. The largest absolute Gasteiger partial charge is 0.383 e. The van der Waals surface area contributed by atoms with Gasteiger partial charge < -0.3 is 19.3 Å². The smallest absolute Gasteiger partial charge is 0.320 e. The summed E-state index contributed by atoms with van der Waals surface area (Å²) in [6, 6.07) is 0.0796. The first-order valence-corrected chi connectivity index (χ1v) is 6.03. The first kappa shape index (κ1) is 14.3. The Morgan fingerprint density at radius 3 is 2.53 bits per heavy atom. The maximum atomic E-state index is 12.2. The Balaban J connectivity index is 2.66. The van der Waals surface area contributed by atoms with Crippen molar-refractivity contribution >= 4 is 6.03 Å². The summed E-state index contributed by atoms with van der Waals surface area (Å²) in [6.45, 7) is 8.83. The van der Waals surface area contributed by atoms with E-state index < -0.39 is 0 Å². The normalized spacial score (nSPS) is 19.0. The molecule has 1 heterocycles. The maximum absolute atomic E-state index is 12.2. The van der Waals surface area contributed by atoms with Gasteiger partial charge in [-0.15, -0.1) is 0 Å². The minimum Gasteiger partial charge on any atom is -0.383 e. The Morgan fingerprint density at radius 1 is 1.35 bits per heavy atom. The van der Waals surface area contributed by atoms with Crippen LogP contribution in [0.1, 0.15) is 20.8 Å². The lowest BCUT2D eigenvalue weighted by molar-refractivity contribution is -0.000446. The van der Waals surface area contributed by atoms with Gasteiger partial charge in [-0.25, -0.2) is 4.79 Å². The van der Waals surface area contributed by atoms with Gasteiger partial charge in [0.25, 0.3) is 0 Å². The van der Waals surface area contributed by atoms with Crippen LogP contribution in [0.5, 0.6) is 0 Å². The van der Waals surface area contributed by atoms with E-state index in [1.807, 2.05) is 30.6 Å². The van der Waals surface area contributed by atoms with Crippen LogP contribution in [0.25, 0.3) is 0 Å². The Hall–Kier alpha value is -0.810. The molecule has 0 radical (unpaired) electrons. The Labute approximate surface area is 104 Å². The highest BCUT2D eigenvalue weighted by Crippen LogP contribution is 2.25. The molecule has 0 aromatic heterocycles. The number of hydrogen-bond donors (Lipinski definition) is 0. The van der Waals surface area contributed by atoms with Gasteiger partial charge in [-0.2, -0.15) is 0 Å². The zero-order valence-corrected chi connectivity index (χ0v) is 11.5. The van der Waals surface area contributed by atoms with Crippen LogP contribution in [0.3, 0.4) is 0 Å². The van der Waals surface area contributed by atoms with Gasteiger partial charge in [-0.05, 0) is 20.8 Å². The Morgan fingerprint density at radius 2 is 2.00 bits per heavy atom. The van der Waals surface area contributed by atoms with Gasteiger partial charge in [0.05, 0.1) is 18.2 Å². The lowest BCUT2D eigenvalue weighted by Gasteiger charge is -2.39. The van der Waals surface area contributed by atoms with Gasteiger partial charge in [0.2, 0.25) is 0 Å². The van der Waals surface area contributed by atoms with Crippen LogP contribution < -0.4 is 0 Å². The van der Waals surface area contributed by atoms with Crippen LogP contribution in [0.4, 0.5) is 4.79 Å². The van der Waals surface area contributed by atoms with Crippen molar-refractivity contribution in [2.24, 2.45) is 0 Å². The predicted octanol–water partition coefficient (Wildman–Crippen LogP) is 1.18. The second kappa shape index (κ2) is 5.69. The third-order valence-electron chi connectivity index (χ3n) is 3.70. The molecule has 0 saturated carbocycles. The van der Waals surface area contributed by atoms with Crippen LogP contribution in [0, 0.1) is 0 Å². The fraction of sp³-hybridized carbons (Fsp3) is 0.917. The number of ether oxygens (including phenoxy) is 2. The molecule has 5 heteroatoms. The van der Waals surface area contributed by atoms with Crippen LogP contribution in [-0.4, -0.2) is 67.9 Å². The fourth-order valence-electron chi connectivity index (χ4n) is 2.03. The van der Waals surface area contributed by atoms with Gasteiger partial charge in [0.15, 0.2) is 0 Å². The summed E-state index contributed by atoms with van der Waals surface area (Å²) >= 11 is 0. The molecule has 0 aromatic rings. The minimum absolute atomic E-state index is 0.00817. The Bertz CT molecular complexity index is 268. The molecule has 0 aliphatic carbocycles. The number of methoxy groups -OCH3 is 2. The molecule has 100 valence electrons. The molecule has 1 saturated heterocycles. The number of carbonyl (C=O) groups excluding carboxylic acids is 1. The average Bonchev–Trinajstić information content (AvgIpc) is 2.67. The fourth-order valence-corrected chi connectivity index (χ4v) is 2.03. The van der Waals surface area contributed by atoms with Crippen LogP contribution in [-0.2, 0) is 9.47 Å². The molecule has 17 heavy (non-hydrogen) atoms. The summed E-state index contributed by atoms with van der Waals surface area (Å²) in [7, 11) is 3.32. The summed E-state index contributed by atoms with van der Waals surface area (Å²) in [5.41, 5.74) is -0.284. The van der Waals surface area contributed by atoms with Gasteiger partial charge in [-0.1, -0.05) is 0 Å². The third kappa shape index (κ3) is 2.90. The number of urea groups is 1. The monoisotopic (exact) mass is 244 g/mol. The van der Waals surface area contributed by atoms with Crippen molar-refractivity contribution in [3.63, 3.8) is 0 Å². The standard InChI is InChI=1S/C12H24N2O3/c1-10(17-5)12(2,3)14-7-6-13(11(14)15)8-9-16-4/h10H,6-9H2,1-5H3. The number of rotatable bonds is 6. The van der Waals surface area contributed by atoms with Crippen molar-refractivity contribution in [2.75, 3.05) is 40.5 Å². The van der Waals surface area contributed by atoms with E-state index in [-0.39, 0.29) is 17.7 Å². The highest BCUT2D eigenvalue weighted by molar-refractivity contribution is 5.77. The molecule has 1 unspecified atom stereocenters. The molecule has 0 bridgehead atoms. The lowest BCUT2D eigenvalue weighted by atomic mass is 9.96. The molecule has 1 atom stereocenters. The van der Waals surface area contributed by atoms with Gasteiger partial charge in [-0.3, -0.25) is 0 Å². The van der Waals surface area contributed by atoms with E-state index in [1.165, 1.54) is 0 Å². The summed E-state index contributed by atoms with van der Waals surface area (Å²) < 4.78 is 10.4. The Kier molecular flexibility index (Phi) is 4.77. The third-order valence-corrected chi connectivity index (χ3v) is 3.70. The lowest BCUT2D eigenvalue weighted by Crippen LogP contribution is -2.53. The first-order valence-electron chi connectivity index (χ1n) is 6.03. The number of amides is 2. The average molecular weight is 244 g/mol. The van der Waals surface area contributed by atoms with Crippen molar-refractivity contribution in [3.8, 4) is 0 Å². The van der Waals surface area contributed by atoms with Crippen molar-refractivity contribution < 1.29 is 14.3 Å². The molecule has 2 amide bonds. The molecule has 0 spiro atoms. The van der Waals surface area contributed by atoms with E-state index in [2.05, 4.69) is 0 Å². The molecule has 1 aliphatic rings. The number of hydrogen-bond acceptors (Lipinski definition) is 3. The molecule has 5 nitrogen and oxygen atoms in total. The number of nitrogens with zero attached hydrogens (tertiary/aromatic N) is 2. The minimum atomic E-state index is -0.284. The molecule has 1 aliphatic heterocycles. The maximum Gasteiger partial charge on any atom is 0.320 e. The van der Waals surface area contributed by atoms with Crippen LogP contribution in [0.2, 0.25) is 0 Å². The highest BCUT2D eigenvalue weighted by Gasteiger charge is 2.41. The van der Waals surface area contributed by atoms with Gasteiger partial charge in [0, 0.05) is 33.9 Å². The second-order valence-corrected chi connectivity index (χ2v) is 4.95. The highest BCUT2D eigenvalue weighted by atomic mass is 16.5. The molecule has 0 N–H and O–H groups in total. The summed E-state index contributed by atoms with van der Waals surface area (Å²) in [4.78, 5) is 15.9. The molecule has 0 aromatic carbocycles. The number of carbonyl (C=O) groups is 1. The van der Waals surface area contributed by atoms with Crippen molar-refractivity contribution in [1.29, 1.82) is 0 Å². The van der Waals surface area contributed by atoms with E-state index in [1.54, 1.807) is 14.2 Å². The molecular formula is C12H24N2O3. The van der Waals surface area contributed by atoms with E-state index in [0.717, 1.165) is 13.1 Å². The quantitative estimate of drug-likeness (QED) is 0.704. The van der Waals surface area contributed by atoms with E-state index >= 15 is 0 Å². The van der Waals surface area contributed by atoms with Crippen LogP contribution >= 0.6 is 0 Å². The zero-order chi connectivity index (χ0) is 13.1. The molecular weight excluding hydrogens is 220 g/mol. The second-order valence-electron chi connectivity index (χ2n) is 4.95. The predicted molar refractivity (Wildman–Crippen MR) is 66.1 cm³/mol. The SMILES string of the molecule is COCCN1CCN(C(C)(C)C(C)OC)C1=O. The topological polar surface area (TPSA) is 42.0 Å². The van der Waals surface area contributed by atoms with Crippen molar-refractivity contribution in [1.82, 2.24) is 9.80 Å². The molecule has 1 rings (SSSR count). The summed E-state index contributed by atoms with van der Waals surface area (Å²) in [5, 5.41) is 0. The van der Waals surface area contributed by atoms with Crippen LogP contribution in [0.15, 0.2) is 0 Å². The molecule has 1 fully saturated rings.